The van der Waals surface area contributed by atoms with E-state index in [9.17, 15) is 0 Å². The van der Waals surface area contributed by atoms with E-state index in [2.05, 4.69) is 93.9 Å². The Hall–Kier alpha value is -2.09. The Balaban J connectivity index is 0.00000201. The number of benzene rings is 1. The van der Waals surface area contributed by atoms with Gasteiger partial charge in [0.15, 0.2) is 0 Å². The normalized spacial score (nSPS) is 21.4. The van der Waals surface area contributed by atoms with Crippen molar-refractivity contribution in [1.82, 2.24) is 4.90 Å². The number of aldehydes is 1. The van der Waals surface area contributed by atoms with Crippen LogP contribution in [0, 0.1) is 23.7 Å². The number of carbonyl (C=O) groups excluding carboxylic acids is 1. The van der Waals surface area contributed by atoms with Crippen LogP contribution in [0.4, 0.5) is 5.69 Å². The van der Waals surface area contributed by atoms with Gasteiger partial charge in [-0.3, -0.25) is 0 Å². The summed E-state index contributed by atoms with van der Waals surface area (Å²) in [6, 6.07) is 9.08. The zero-order valence-electron chi connectivity index (χ0n) is 23.5. The highest BCUT2D eigenvalue weighted by Gasteiger charge is 2.30. The lowest BCUT2D eigenvalue weighted by Gasteiger charge is -2.30. The summed E-state index contributed by atoms with van der Waals surface area (Å²) < 4.78 is 5.78. The van der Waals surface area contributed by atoms with Crippen molar-refractivity contribution in [2.24, 2.45) is 11.8 Å². The van der Waals surface area contributed by atoms with Crippen LogP contribution < -0.4 is 4.90 Å². The lowest BCUT2D eigenvalue weighted by molar-refractivity contribution is -0.106. The van der Waals surface area contributed by atoms with E-state index in [1.54, 1.807) is 0 Å². The molecule has 0 N–H and O–H groups in total. The van der Waals surface area contributed by atoms with Gasteiger partial charge in [-0.05, 0) is 83.2 Å². The fourth-order valence-corrected chi connectivity index (χ4v) is 4.45. The van der Waals surface area contributed by atoms with Crippen LogP contribution in [-0.4, -0.2) is 51.1 Å². The van der Waals surface area contributed by atoms with E-state index in [1.807, 2.05) is 21.0 Å². The summed E-state index contributed by atoms with van der Waals surface area (Å²) in [5.74, 6) is 8.09. The van der Waals surface area contributed by atoms with Crippen LogP contribution in [0.5, 0.6) is 0 Å². The summed E-state index contributed by atoms with van der Waals surface area (Å²) in [6.07, 6.45) is 7.82. The number of allylic oxidation sites excluding steroid dienone is 1. The molecule has 4 nitrogen and oxygen atoms in total. The van der Waals surface area contributed by atoms with Crippen molar-refractivity contribution in [2.45, 2.75) is 86.3 Å². The van der Waals surface area contributed by atoms with Crippen LogP contribution in [0.25, 0.3) is 0 Å². The Kier molecular flexibility index (Phi) is 17.1. The number of anilines is 1. The number of ether oxygens (including phenoxy) is 1. The molecule has 1 aliphatic rings. The van der Waals surface area contributed by atoms with Gasteiger partial charge in [0, 0.05) is 50.6 Å². The van der Waals surface area contributed by atoms with Crippen LogP contribution in [0.3, 0.4) is 0 Å². The molecule has 1 aromatic carbocycles. The van der Waals surface area contributed by atoms with Crippen molar-refractivity contribution in [3.05, 3.63) is 41.6 Å². The van der Waals surface area contributed by atoms with Gasteiger partial charge in [-0.1, -0.05) is 45.1 Å². The fraction of sp³-hybridized carbons (Fsp3) is 0.633. The maximum Gasteiger partial charge on any atom is 0.116 e. The van der Waals surface area contributed by atoms with Crippen molar-refractivity contribution in [3.63, 3.8) is 0 Å². The molecule has 0 aliphatic heterocycles. The van der Waals surface area contributed by atoms with Gasteiger partial charge < -0.3 is 19.3 Å². The Bertz CT molecular complexity index is 756. The molecule has 1 saturated carbocycles. The molecule has 34 heavy (non-hydrogen) atoms. The second-order valence-electron chi connectivity index (χ2n) is 9.35. The summed E-state index contributed by atoms with van der Waals surface area (Å²) in [6.45, 7) is 15.4. The first-order chi connectivity index (χ1) is 16.2. The van der Waals surface area contributed by atoms with Gasteiger partial charge in [0.25, 0.3) is 0 Å². The highest BCUT2D eigenvalue weighted by Crippen LogP contribution is 2.31. The maximum atomic E-state index is 8.81. The Morgan fingerprint density at radius 2 is 1.68 bits per heavy atom. The van der Waals surface area contributed by atoms with Crippen molar-refractivity contribution >= 4 is 12.0 Å². The number of rotatable bonds is 6. The van der Waals surface area contributed by atoms with Crippen LogP contribution in [0.2, 0.25) is 0 Å². The SMILES string of the molecule is CC.CC=O.COC1CC(N(C)CCC#Cc2ccc(N(C)C=C(C)C)cc2)CC(C)CC1C. The average molecular weight is 471 g/mol. The third-order valence-electron chi connectivity index (χ3n) is 6.06. The van der Waals surface area contributed by atoms with E-state index in [-0.39, 0.29) is 0 Å². The molecule has 2 rings (SSSR count). The van der Waals surface area contributed by atoms with Crippen LogP contribution in [0.15, 0.2) is 36.0 Å². The smallest absolute Gasteiger partial charge is 0.116 e. The predicted octanol–water partition coefficient (Wildman–Crippen LogP) is 6.79. The van der Waals surface area contributed by atoms with Gasteiger partial charge in [0.05, 0.1) is 6.10 Å². The fourth-order valence-electron chi connectivity index (χ4n) is 4.45. The Morgan fingerprint density at radius 3 is 2.21 bits per heavy atom. The molecule has 0 aromatic heterocycles. The maximum absolute atomic E-state index is 8.81. The summed E-state index contributed by atoms with van der Waals surface area (Å²) in [5, 5.41) is 0. The number of carbonyl (C=O) groups is 1. The molecule has 0 amide bonds. The molecule has 4 atom stereocenters. The summed E-state index contributed by atoms with van der Waals surface area (Å²) in [7, 11) is 6.19. The zero-order chi connectivity index (χ0) is 26.1. The quantitative estimate of drug-likeness (QED) is 0.260. The second-order valence-corrected chi connectivity index (χ2v) is 9.35. The summed E-state index contributed by atoms with van der Waals surface area (Å²) >= 11 is 0. The second kappa shape index (κ2) is 18.3. The van der Waals surface area contributed by atoms with Gasteiger partial charge in [-0.25, -0.2) is 0 Å². The minimum Gasteiger partial charge on any atom is -0.381 e. The molecule has 1 aromatic rings. The molecule has 1 aliphatic carbocycles. The third kappa shape index (κ3) is 12.4. The van der Waals surface area contributed by atoms with E-state index in [1.165, 1.54) is 31.0 Å². The molecule has 192 valence electrons. The van der Waals surface area contributed by atoms with Crippen LogP contribution in [-0.2, 0) is 9.53 Å². The first kappa shape index (κ1) is 31.9. The Labute approximate surface area is 210 Å². The topological polar surface area (TPSA) is 32.8 Å². The predicted molar refractivity (Wildman–Crippen MR) is 148 cm³/mol. The van der Waals surface area contributed by atoms with Gasteiger partial charge in [-0.2, -0.15) is 0 Å². The molecule has 4 heteroatoms. The number of nitrogens with zero attached hydrogens (tertiary/aromatic N) is 2. The first-order valence-corrected chi connectivity index (χ1v) is 12.8. The van der Waals surface area contributed by atoms with Gasteiger partial charge in [0.1, 0.15) is 6.29 Å². The monoisotopic (exact) mass is 470 g/mol. The van der Waals surface area contributed by atoms with Crippen LogP contribution in [0.1, 0.15) is 79.7 Å². The minimum absolute atomic E-state index is 0.376. The molecule has 0 bridgehead atoms. The van der Waals surface area contributed by atoms with Crippen molar-refractivity contribution in [2.75, 3.05) is 32.6 Å². The third-order valence-corrected chi connectivity index (χ3v) is 6.06. The largest absolute Gasteiger partial charge is 0.381 e. The highest BCUT2D eigenvalue weighted by atomic mass is 16.5. The summed E-state index contributed by atoms with van der Waals surface area (Å²) in [5.41, 5.74) is 3.55. The average Bonchev–Trinajstić information content (AvgIpc) is 2.95. The van der Waals surface area contributed by atoms with Gasteiger partial charge >= 0.3 is 0 Å². The Morgan fingerprint density at radius 1 is 1.09 bits per heavy atom. The molecule has 0 spiro atoms. The summed E-state index contributed by atoms with van der Waals surface area (Å²) in [4.78, 5) is 13.4. The van der Waals surface area contributed by atoms with E-state index < -0.39 is 0 Å². The van der Waals surface area contributed by atoms with Gasteiger partial charge in [-0.15, -0.1) is 0 Å². The standard InChI is InChI=1S/C26H40N2O.C2H4O.C2H6/c1-20(2)19-28(6)24-13-11-23(12-14-24)10-8-9-15-27(5)25-17-21(3)16-22(4)26(18-25)29-7;1-2-3;1-2/h11-14,19,21-22,25-26H,9,15-18H2,1-7H3;2H,1H3;1-2H3. The van der Waals surface area contributed by atoms with E-state index in [0.29, 0.717) is 18.1 Å². The number of hydrogen-bond donors (Lipinski definition) is 0. The molecule has 4 unspecified atom stereocenters. The highest BCUT2D eigenvalue weighted by molar-refractivity contribution is 5.52. The van der Waals surface area contributed by atoms with Crippen molar-refractivity contribution in [1.29, 1.82) is 0 Å². The molecular weight excluding hydrogens is 420 g/mol. The first-order valence-electron chi connectivity index (χ1n) is 12.8. The lowest BCUT2D eigenvalue weighted by Crippen LogP contribution is -2.36. The van der Waals surface area contributed by atoms with Crippen molar-refractivity contribution < 1.29 is 9.53 Å². The molecule has 0 radical (unpaired) electrons. The van der Waals surface area contributed by atoms with Crippen molar-refractivity contribution in [3.8, 4) is 11.8 Å². The lowest BCUT2D eigenvalue weighted by atomic mass is 9.95. The van der Waals surface area contributed by atoms with Crippen LogP contribution >= 0.6 is 0 Å². The molecular formula is C30H50N2O2. The molecule has 1 fully saturated rings. The van der Waals surface area contributed by atoms with E-state index in [4.69, 9.17) is 9.53 Å². The molecule has 0 saturated heterocycles. The van der Waals surface area contributed by atoms with E-state index >= 15 is 0 Å². The minimum atomic E-state index is 0.376. The number of methoxy groups -OCH3 is 1. The number of hydrogen-bond acceptors (Lipinski definition) is 4. The van der Waals surface area contributed by atoms with E-state index in [0.717, 1.165) is 37.2 Å². The van der Waals surface area contributed by atoms with Gasteiger partial charge in [0.2, 0.25) is 0 Å². The zero-order valence-corrected chi connectivity index (χ0v) is 23.5. The molecule has 0 heterocycles.